The Hall–Kier alpha value is -3.75. The van der Waals surface area contributed by atoms with E-state index >= 15 is 0 Å². The normalized spacial score (nSPS) is 31.0. The van der Waals surface area contributed by atoms with E-state index in [9.17, 15) is 15.0 Å². The van der Waals surface area contributed by atoms with Crippen LogP contribution in [-0.4, -0.2) is 69.8 Å². The van der Waals surface area contributed by atoms with Gasteiger partial charge >= 0.3 is 0 Å². The molecular formula is C34H36N4O4. The number of piperidine rings is 1. The first-order valence-electron chi connectivity index (χ1n) is 15.2. The number of aliphatic hydroxyl groups is 1. The average Bonchev–Trinajstić information content (AvgIpc) is 3.76. The van der Waals surface area contributed by atoms with Gasteiger partial charge in [0.1, 0.15) is 6.10 Å². The van der Waals surface area contributed by atoms with Crippen LogP contribution in [0.5, 0.6) is 11.5 Å². The molecule has 8 nitrogen and oxygen atoms in total. The van der Waals surface area contributed by atoms with Crippen LogP contribution in [0.4, 0.5) is 11.4 Å². The lowest BCUT2D eigenvalue weighted by Gasteiger charge is -2.64. The van der Waals surface area contributed by atoms with E-state index in [1.54, 1.807) is 35.2 Å². The number of carbonyl (C=O) groups is 1. The molecule has 1 saturated heterocycles. The van der Waals surface area contributed by atoms with Crippen molar-refractivity contribution in [1.82, 2.24) is 9.80 Å². The minimum Gasteiger partial charge on any atom is -0.504 e. The van der Waals surface area contributed by atoms with Crippen LogP contribution in [-0.2, 0) is 11.8 Å². The van der Waals surface area contributed by atoms with Crippen molar-refractivity contribution < 1.29 is 19.7 Å². The molecule has 3 aliphatic carbocycles. The Labute approximate surface area is 245 Å². The van der Waals surface area contributed by atoms with Gasteiger partial charge < -0.3 is 19.8 Å². The second-order valence-electron chi connectivity index (χ2n) is 12.9. The molecule has 2 bridgehead atoms. The van der Waals surface area contributed by atoms with E-state index in [2.05, 4.69) is 15.1 Å². The van der Waals surface area contributed by atoms with Gasteiger partial charge in [-0.05, 0) is 99.0 Å². The molecule has 8 rings (SSSR count). The van der Waals surface area contributed by atoms with E-state index in [0.717, 1.165) is 48.7 Å². The van der Waals surface area contributed by atoms with Crippen LogP contribution in [0.1, 0.15) is 53.6 Å². The molecule has 3 aromatic rings. The molecule has 42 heavy (non-hydrogen) atoms. The number of benzene rings is 3. The molecule has 1 spiro atoms. The standard InChI is InChI=1S/C34H36N4O4/c1-37(32(40)22-9-12-25(13-10-22)36-35-24-5-3-2-4-6-24)26-15-16-34(41)28-19-23-11-14-27(39)30-29(23)33(34,31(26)42-30)17-18-38(28)20-21-7-8-21/h2-6,9-14,21,26,28,31,39,41H,7-8,15-20H2,1H3/t26-,28-,31+,33+,34-/m1/s1. The largest absolute Gasteiger partial charge is 0.504 e. The lowest BCUT2D eigenvalue weighted by atomic mass is 9.48. The van der Waals surface area contributed by atoms with Crippen molar-refractivity contribution in [3.63, 3.8) is 0 Å². The van der Waals surface area contributed by atoms with Crippen LogP contribution >= 0.6 is 0 Å². The summed E-state index contributed by atoms with van der Waals surface area (Å²) in [6.07, 6.45) is 4.85. The number of hydrogen-bond donors (Lipinski definition) is 2. The lowest BCUT2D eigenvalue weighted by Crippen LogP contribution is -2.78. The maximum atomic E-state index is 13.9. The van der Waals surface area contributed by atoms with Gasteiger partial charge in [-0.2, -0.15) is 10.2 Å². The summed E-state index contributed by atoms with van der Waals surface area (Å²) < 4.78 is 6.67. The van der Waals surface area contributed by atoms with E-state index < -0.39 is 17.1 Å². The molecule has 3 fully saturated rings. The second-order valence-corrected chi connectivity index (χ2v) is 12.9. The fourth-order valence-electron chi connectivity index (χ4n) is 8.49. The summed E-state index contributed by atoms with van der Waals surface area (Å²) in [5, 5.41) is 32.2. The summed E-state index contributed by atoms with van der Waals surface area (Å²) in [5.74, 6) is 1.26. The smallest absolute Gasteiger partial charge is 0.253 e. The molecule has 5 atom stereocenters. The molecule has 3 aromatic carbocycles. The molecule has 2 N–H and O–H groups in total. The molecule has 2 heterocycles. The molecule has 1 amide bonds. The number of amides is 1. The van der Waals surface area contributed by atoms with Crippen LogP contribution in [0, 0.1) is 5.92 Å². The van der Waals surface area contributed by atoms with Crippen LogP contribution < -0.4 is 4.74 Å². The van der Waals surface area contributed by atoms with Crippen molar-refractivity contribution >= 4 is 17.3 Å². The number of aromatic hydroxyl groups is 1. The highest BCUT2D eigenvalue weighted by Gasteiger charge is 2.73. The molecular weight excluding hydrogens is 528 g/mol. The first kappa shape index (κ1) is 25.9. The van der Waals surface area contributed by atoms with Gasteiger partial charge in [0.05, 0.1) is 28.4 Å². The topological polar surface area (TPSA) is 98.0 Å². The number of nitrogens with zero attached hydrogens (tertiary/aromatic N) is 4. The van der Waals surface area contributed by atoms with Gasteiger partial charge in [-0.1, -0.05) is 24.3 Å². The number of likely N-dealkylation sites (N-methyl/N-ethyl adjacent to an activating group) is 1. The Kier molecular flexibility index (Phi) is 5.79. The van der Waals surface area contributed by atoms with Crippen molar-refractivity contribution in [1.29, 1.82) is 0 Å². The van der Waals surface area contributed by atoms with Crippen molar-refractivity contribution in [2.45, 2.75) is 67.7 Å². The zero-order chi connectivity index (χ0) is 28.6. The number of rotatable bonds is 6. The Morgan fingerprint density at radius 2 is 1.74 bits per heavy atom. The van der Waals surface area contributed by atoms with E-state index in [1.165, 1.54) is 12.8 Å². The third-order valence-electron chi connectivity index (χ3n) is 10.7. The van der Waals surface area contributed by atoms with Crippen molar-refractivity contribution in [2.75, 3.05) is 20.1 Å². The number of phenolic OH excluding ortho intramolecular Hbond substituents is 1. The molecule has 2 saturated carbocycles. The Morgan fingerprint density at radius 3 is 2.48 bits per heavy atom. The van der Waals surface area contributed by atoms with Gasteiger partial charge in [0, 0.05) is 30.8 Å². The highest BCUT2D eigenvalue weighted by Crippen LogP contribution is 2.66. The number of phenols is 1. The van der Waals surface area contributed by atoms with Crippen LogP contribution in [0.15, 0.2) is 77.0 Å². The van der Waals surface area contributed by atoms with Gasteiger partial charge in [0.2, 0.25) is 0 Å². The van der Waals surface area contributed by atoms with Gasteiger partial charge in [-0.25, -0.2) is 0 Å². The van der Waals surface area contributed by atoms with E-state index in [-0.39, 0.29) is 23.7 Å². The number of carbonyl (C=O) groups excluding carboxylic acids is 1. The molecule has 0 unspecified atom stereocenters. The van der Waals surface area contributed by atoms with Crippen molar-refractivity contribution in [3.05, 3.63) is 83.4 Å². The molecule has 8 heteroatoms. The number of hydrogen-bond acceptors (Lipinski definition) is 7. The quantitative estimate of drug-likeness (QED) is 0.385. The number of ether oxygens (including phenoxy) is 1. The number of azo groups is 1. The van der Waals surface area contributed by atoms with Crippen molar-refractivity contribution in [2.24, 2.45) is 16.1 Å². The summed E-state index contributed by atoms with van der Waals surface area (Å²) in [6, 6.07) is 20.2. The van der Waals surface area contributed by atoms with Gasteiger partial charge in [-0.3, -0.25) is 9.69 Å². The van der Waals surface area contributed by atoms with Crippen LogP contribution in [0.25, 0.3) is 0 Å². The second kappa shape index (κ2) is 9.38. The monoisotopic (exact) mass is 564 g/mol. The van der Waals surface area contributed by atoms with Crippen LogP contribution in [0.3, 0.4) is 0 Å². The maximum absolute atomic E-state index is 13.9. The van der Waals surface area contributed by atoms with E-state index in [4.69, 9.17) is 4.74 Å². The summed E-state index contributed by atoms with van der Waals surface area (Å²) in [5.41, 5.74) is 2.52. The fourth-order valence-corrected chi connectivity index (χ4v) is 8.49. The maximum Gasteiger partial charge on any atom is 0.253 e. The fraction of sp³-hybridized carbons (Fsp3) is 0.441. The Morgan fingerprint density at radius 1 is 1.00 bits per heavy atom. The minimum absolute atomic E-state index is 0.0143. The molecule has 0 radical (unpaired) electrons. The Bertz CT molecular complexity index is 1570. The summed E-state index contributed by atoms with van der Waals surface area (Å²) >= 11 is 0. The Balaban J connectivity index is 1.09. The lowest BCUT2D eigenvalue weighted by molar-refractivity contribution is -0.197. The number of likely N-dealkylation sites (tertiary alicyclic amines) is 1. The van der Waals surface area contributed by atoms with Gasteiger partial charge in [-0.15, -0.1) is 0 Å². The third kappa shape index (κ3) is 3.71. The molecule has 5 aliphatic rings. The first-order valence-corrected chi connectivity index (χ1v) is 15.2. The SMILES string of the molecule is CN(C(=O)c1ccc(N=Nc2ccccc2)cc1)[C@@H]1CC[C@@]2(O)[C@H]3Cc4ccc(O)c5c4[C@@]2(CCN3CC2CC2)[C@H]1O5. The average molecular weight is 565 g/mol. The third-order valence-corrected chi connectivity index (χ3v) is 10.7. The van der Waals surface area contributed by atoms with E-state index in [1.807, 2.05) is 43.4 Å². The van der Waals surface area contributed by atoms with E-state index in [0.29, 0.717) is 29.8 Å². The predicted molar refractivity (Wildman–Crippen MR) is 158 cm³/mol. The zero-order valence-corrected chi connectivity index (χ0v) is 23.8. The van der Waals surface area contributed by atoms with Crippen molar-refractivity contribution in [3.8, 4) is 11.5 Å². The van der Waals surface area contributed by atoms with Crippen LogP contribution in [0.2, 0.25) is 0 Å². The minimum atomic E-state index is -0.970. The first-order chi connectivity index (χ1) is 20.4. The highest BCUT2D eigenvalue weighted by molar-refractivity contribution is 5.94. The highest BCUT2D eigenvalue weighted by atomic mass is 16.5. The predicted octanol–water partition coefficient (Wildman–Crippen LogP) is 5.51. The summed E-state index contributed by atoms with van der Waals surface area (Å²) in [4.78, 5) is 18.2. The van der Waals surface area contributed by atoms with Gasteiger partial charge in [0.15, 0.2) is 11.5 Å². The molecule has 2 aliphatic heterocycles. The van der Waals surface area contributed by atoms with Gasteiger partial charge in [0.25, 0.3) is 5.91 Å². The molecule has 216 valence electrons. The summed E-state index contributed by atoms with van der Waals surface area (Å²) in [7, 11) is 1.84. The summed E-state index contributed by atoms with van der Waals surface area (Å²) in [6.45, 7) is 1.93. The zero-order valence-electron chi connectivity index (χ0n) is 23.8. The molecule has 0 aromatic heterocycles.